The molecule has 5 heteroatoms. The zero-order valence-electron chi connectivity index (χ0n) is 10.9. The normalized spacial score (nSPS) is 10.9. The summed E-state index contributed by atoms with van der Waals surface area (Å²) in [5.41, 5.74) is 8.14. The average Bonchev–Trinajstić information content (AvgIpc) is 2.74. The van der Waals surface area contributed by atoms with Crippen LogP contribution in [0.3, 0.4) is 0 Å². The van der Waals surface area contributed by atoms with E-state index >= 15 is 0 Å². The molecular formula is C14H18ClN3O. The highest BCUT2D eigenvalue weighted by atomic mass is 35.5. The Bertz CT molecular complexity index is 598. The van der Waals surface area contributed by atoms with Crippen LogP contribution >= 0.6 is 11.6 Å². The van der Waals surface area contributed by atoms with Gasteiger partial charge in [0, 0.05) is 16.3 Å². The van der Waals surface area contributed by atoms with Crippen molar-refractivity contribution in [2.45, 2.75) is 26.2 Å². The molecule has 3 N–H and O–H groups in total. The summed E-state index contributed by atoms with van der Waals surface area (Å²) in [6.45, 7) is 2.62. The van der Waals surface area contributed by atoms with Crippen LogP contribution in [0.5, 0.6) is 0 Å². The van der Waals surface area contributed by atoms with Crippen molar-refractivity contribution in [2.75, 3.05) is 6.54 Å². The molecule has 0 aliphatic rings. The third-order valence-corrected chi connectivity index (χ3v) is 3.39. The van der Waals surface area contributed by atoms with Crippen molar-refractivity contribution in [1.29, 1.82) is 0 Å². The molecule has 0 aliphatic heterocycles. The molecule has 0 saturated heterocycles. The summed E-state index contributed by atoms with van der Waals surface area (Å²) in [7, 11) is 0. The van der Waals surface area contributed by atoms with Crippen molar-refractivity contribution in [3.05, 3.63) is 50.9 Å². The monoisotopic (exact) mass is 279 g/mol. The molecule has 1 heterocycles. The molecule has 4 nitrogen and oxygen atoms in total. The number of aromatic nitrogens is 2. The Morgan fingerprint density at radius 1 is 1.32 bits per heavy atom. The number of nitrogens with one attached hydrogen (secondary N) is 1. The molecule has 0 spiro atoms. The van der Waals surface area contributed by atoms with Crippen LogP contribution in [0.4, 0.5) is 0 Å². The van der Waals surface area contributed by atoms with Crippen LogP contribution < -0.4 is 11.3 Å². The highest BCUT2D eigenvalue weighted by Gasteiger charge is 2.13. The van der Waals surface area contributed by atoms with Crippen LogP contribution in [0, 0.1) is 0 Å². The van der Waals surface area contributed by atoms with Gasteiger partial charge in [-0.15, -0.1) is 0 Å². The van der Waals surface area contributed by atoms with E-state index in [0.29, 0.717) is 11.6 Å². The van der Waals surface area contributed by atoms with Gasteiger partial charge in [-0.1, -0.05) is 18.5 Å². The highest BCUT2D eigenvalue weighted by Crippen LogP contribution is 2.13. The molecule has 0 fully saturated rings. The number of hydrogen-bond donors (Lipinski definition) is 2. The van der Waals surface area contributed by atoms with Crippen LogP contribution in [0.25, 0.3) is 5.69 Å². The summed E-state index contributed by atoms with van der Waals surface area (Å²) in [5.74, 6) is 0. The van der Waals surface area contributed by atoms with E-state index in [9.17, 15) is 4.79 Å². The van der Waals surface area contributed by atoms with Crippen LogP contribution in [0.1, 0.15) is 24.6 Å². The fraction of sp³-hybridized carbons (Fsp3) is 0.357. The number of nitrogens with zero attached hydrogens (tertiary/aromatic N) is 1. The topological polar surface area (TPSA) is 63.8 Å². The van der Waals surface area contributed by atoms with Gasteiger partial charge in [0.2, 0.25) is 0 Å². The molecule has 102 valence electrons. The summed E-state index contributed by atoms with van der Waals surface area (Å²) in [6, 6.07) is 7.20. The molecule has 0 saturated carbocycles. The zero-order valence-corrected chi connectivity index (χ0v) is 11.7. The lowest BCUT2D eigenvalue weighted by Gasteiger charge is -2.01. The number of aryl methyl sites for hydroxylation is 1. The van der Waals surface area contributed by atoms with E-state index in [0.717, 1.165) is 36.2 Å². The average molecular weight is 280 g/mol. The number of nitrogens with two attached hydrogens (primary N) is 1. The molecule has 1 aromatic heterocycles. The Hall–Kier alpha value is -1.52. The summed E-state index contributed by atoms with van der Waals surface area (Å²) in [4.78, 5) is 12.4. The van der Waals surface area contributed by atoms with Gasteiger partial charge in [-0.3, -0.25) is 9.89 Å². The van der Waals surface area contributed by atoms with Crippen molar-refractivity contribution in [3.63, 3.8) is 0 Å². The molecule has 0 unspecified atom stereocenters. The van der Waals surface area contributed by atoms with E-state index in [1.807, 2.05) is 19.1 Å². The van der Waals surface area contributed by atoms with Gasteiger partial charge in [0.25, 0.3) is 5.56 Å². The lowest BCUT2D eigenvalue weighted by atomic mass is 10.1. The van der Waals surface area contributed by atoms with E-state index in [1.165, 1.54) is 0 Å². The van der Waals surface area contributed by atoms with Crippen molar-refractivity contribution >= 4 is 11.6 Å². The lowest BCUT2D eigenvalue weighted by Crippen LogP contribution is -2.18. The number of rotatable bonds is 5. The van der Waals surface area contributed by atoms with Gasteiger partial charge >= 0.3 is 0 Å². The summed E-state index contributed by atoms with van der Waals surface area (Å²) in [6.07, 6.45) is 2.34. The van der Waals surface area contributed by atoms with E-state index < -0.39 is 0 Å². The lowest BCUT2D eigenvalue weighted by molar-refractivity contribution is 0.816. The number of hydrogen-bond acceptors (Lipinski definition) is 2. The predicted molar refractivity (Wildman–Crippen MR) is 78.2 cm³/mol. The second-order valence-corrected chi connectivity index (χ2v) is 4.87. The first kappa shape index (κ1) is 13.9. The minimum atomic E-state index is 0.00706. The van der Waals surface area contributed by atoms with Gasteiger partial charge in [-0.05, 0) is 50.1 Å². The number of benzene rings is 1. The first-order chi connectivity index (χ1) is 9.17. The Morgan fingerprint density at radius 2 is 2.00 bits per heavy atom. The van der Waals surface area contributed by atoms with E-state index in [-0.39, 0.29) is 5.56 Å². The smallest absolute Gasteiger partial charge is 0.274 e. The van der Waals surface area contributed by atoms with Crippen LogP contribution in [0.15, 0.2) is 29.1 Å². The summed E-state index contributed by atoms with van der Waals surface area (Å²) in [5, 5.41) is 3.82. The van der Waals surface area contributed by atoms with Crippen molar-refractivity contribution in [2.24, 2.45) is 5.73 Å². The Kier molecular flexibility index (Phi) is 4.45. The van der Waals surface area contributed by atoms with E-state index in [2.05, 4.69) is 5.10 Å². The number of aromatic amines is 1. The second kappa shape index (κ2) is 6.08. The van der Waals surface area contributed by atoms with Crippen molar-refractivity contribution < 1.29 is 0 Å². The Balaban J connectivity index is 2.44. The first-order valence-electron chi connectivity index (χ1n) is 6.46. The number of halogens is 1. The summed E-state index contributed by atoms with van der Waals surface area (Å²) < 4.78 is 1.57. The molecule has 19 heavy (non-hydrogen) atoms. The molecule has 0 amide bonds. The van der Waals surface area contributed by atoms with Gasteiger partial charge < -0.3 is 5.73 Å². The molecule has 0 aliphatic carbocycles. The maximum atomic E-state index is 12.4. The van der Waals surface area contributed by atoms with Crippen molar-refractivity contribution in [3.8, 4) is 5.69 Å². The maximum absolute atomic E-state index is 12.4. The van der Waals surface area contributed by atoms with Gasteiger partial charge in [0.05, 0.1) is 5.69 Å². The van der Waals surface area contributed by atoms with Gasteiger partial charge in [-0.25, -0.2) is 4.68 Å². The molecule has 1 aromatic carbocycles. The third-order valence-electron chi connectivity index (χ3n) is 3.14. The van der Waals surface area contributed by atoms with Crippen molar-refractivity contribution in [1.82, 2.24) is 9.78 Å². The SMILES string of the molecule is CCc1[nH]n(-c2ccc(Cl)cc2)c(=O)c1CCCN. The standard InChI is InChI=1S/C14H18ClN3O/c1-2-13-12(4-3-9-16)14(19)18(17-13)11-7-5-10(15)6-8-11/h5-8,17H,2-4,9,16H2,1H3. The minimum absolute atomic E-state index is 0.00706. The predicted octanol–water partition coefficient (Wildman–Crippen LogP) is 2.27. The molecule has 2 aromatic rings. The molecule has 0 radical (unpaired) electrons. The quantitative estimate of drug-likeness (QED) is 0.882. The van der Waals surface area contributed by atoms with Gasteiger partial charge in [-0.2, -0.15) is 0 Å². The van der Waals surface area contributed by atoms with Gasteiger partial charge in [0.15, 0.2) is 0 Å². The summed E-state index contributed by atoms with van der Waals surface area (Å²) >= 11 is 5.86. The highest BCUT2D eigenvalue weighted by molar-refractivity contribution is 6.30. The molecular weight excluding hydrogens is 262 g/mol. The van der Waals surface area contributed by atoms with Crippen LogP contribution in [-0.2, 0) is 12.8 Å². The Labute approximate surface area is 117 Å². The number of H-pyrrole nitrogens is 1. The third kappa shape index (κ3) is 2.91. The molecule has 2 rings (SSSR count). The molecule has 0 bridgehead atoms. The fourth-order valence-electron chi connectivity index (χ4n) is 2.12. The minimum Gasteiger partial charge on any atom is -0.330 e. The molecule has 0 atom stereocenters. The van der Waals surface area contributed by atoms with E-state index in [4.69, 9.17) is 17.3 Å². The zero-order chi connectivity index (χ0) is 13.8. The van der Waals surface area contributed by atoms with Gasteiger partial charge in [0.1, 0.15) is 0 Å². The first-order valence-corrected chi connectivity index (χ1v) is 6.84. The maximum Gasteiger partial charge on any atom is 0.274 e. The van der Waals surface area contributed by atoms with Crippen LogP contribution in [0.2, 0.25) is 5.02 Å². The van der Waals surface area contributed by atoms with E-state index in [1.54, 1.807) is 16.8 Å². The van der Waals surface area contributed by atoms with Crippen LogP contribution in [-0.4, -0.2) is 16.3 Å². The Morgan fingerprint density at radius 3 is 2.58 bits per heavy atom. The fourth-order valence-corrected chi connectivity index (χ4v) is 2.24. The second-order valence-electron chi connectivity index (χ2n) is 4.43. The largest absolute Gasteiger partial charge is 0.330 e.